The van der Waals surface area contributed by atoms with Gasteiger partial charge in [0.25, 0.3) is 0 Å². The highest BCUT2D eigenvalue weighted by atomic mass is 19.4. The monoisotopic (exact) mass is 254 g/mol. The number of hydrogen-bond acceptors (Lipinski definition) is 2. The Kier molecular flexibility index (Phi) is 3.07. The minimum Gasteiger partial charge on any atom is -0.297 e. The van der Waals surface area contributed by atoms with Crippen LogP contribution >= 0.6 is 0 Å². The normalized spacial score (nSPS) is 19.1. The van der Waals surface area contributed by atoms with Crippen LogP contribution in [0.4, 0.5) is 13.2 Å². The van der Waals surface area contributed by atoms with Gasteiger partial charge in [-0.1, -0.05) is 12.1 Å². The largest absolute Gasteiger partial charge is 0.406 e. The van der Waals surface area contributed by atoms with Crippen molar-refractivity contribution in [2.24, 2.45) is 0 Å². The zero-order valence-electron chi connectivity index (χ0n) is 9.88. The van der Waals surface area contributed by atoms with Crippen LogP contribution in [0.15, 0.2) is 24.3 Å². The Bertz CT molecular complexity index is 484. The lowest BCUT2D eigenvalue weighted by Crippen LogP contribution is -2.45. The molecule has 1 aliphatic carbocycles. The van der Waals surface area contributed by atoms with Gasteiger partial charge in [-0.2, -0.15) is 18.4 Å². The van der Waals surface area contributed by atoms with Gasteiger partial charge in [0.05, 0.1) is 11.6 Å². The molecule has 2 nitrogen and oxygen atoms in total. The van der Waals surface area contributed by atoms with Crippen LogP contribution in [0.25, 0.3) is 0 Å². The fraction of sp³-hybridized carbons (Fsp3) is 0.462. The second-order valence-electron chi connectivity index (χ2n) is 4.68. The van der Waals surface area contributed by atoms with Crippen molar-refractivity contribution < 1.29 is 13.2 Å². The fourth-order valence-corrected chi connectivity index (χ4v) is 2.01. The molecule has 1 unspecified atom stereocenters. The maximum absolute atomic E-state index is 12.8. The molecule has 0 spiro atoms. The van der Waals surface area contributed by atoms with Gasteiger partial charge in [0, 0.05) is 6.04 Å². The number of nitrogens with zero attached hydrogens (tertiary/aromatic N) is 1. The molecule has 1 aliphatic rings. The SMILES string of the molecule is CC(NC1(C(F)(F)F)CC1)c1cccc(C#N)c1. The van der Waals surface area contributed by atoms with Gasteiger partial charge in [-0.15, -0.1) is 0 Å². The number of nitrogens with one attached hydrogen (secondary N) is 1. The number of benzene rings is 1. The highest BCUT2D eigenvalue weighted by Gasteiger charge is 2.63. The van der Waals surface area contributed by atoms with Crippen LogP contribution in [0.3, 0.4) is 0 Å². The van der Waals surface area contributed by atoms with Crippen LogP contribution in [-0.4, -0.2) is 11.7 Å². The molecule has 1 aromatic rings. The molecule has 0 bridgehead atoms. The average molecular weight is 254 g/mol. The Morgan fingerprint density at radius 2 is 2.06 bits per heavy atom. The predicted molar refractivity (Wildman–Crippen MR) is 60.7 cm³/mol. The van der Waals surface area contributed by atoms with E-state index in [2.05, 4.69) is 5.32 Å². The van der Waals surface area contributed by atoms with E-state index in [9.17, 15) is 13.2 Å². The van der Waals surface area contributed by atoms with Gasteiger partial charge < -0.3 is 0 Å². The van der Waals surface area contributed by atoms with Gasteiger partial charge in [0.1, 0.15) is 5.54 Å². The summed E-state index contributed by atoms with van der Waals surface area (Å²) in [5.74, 6) is 0. The highest BCUT2D eigenvalue weighted by molar-refractivity contribution is 5.34. The summed E-state index contributed by atoms with van der Waals surface area (Å²) < 4.78 is 38.4. The maximum Gasteiger partial charge on any atom is 0.406 e. The van der Waals surface area contributed by atoms with Gasteiger partial charge in [0.15, 0.2) is 0 Å². The zero-order chi connectivity index (χ0) is 13.4. The van der Waals surface area contributed by atoms with Gasteiger partial charge in [0.2, 0.25) is 0 Å². The molecule has 0 heterocycles. The van der Waals surface area contributed by atoms with Crippen molar-refractivity contribution >= 4 is 0 Å². The molecule has 5 heteroatoms. The lowest BCUT2D eigenvalue weighted by Gasteiger charge is -2.25. The third-order valence-corrected chi connectivity index (χ3v) is 3.30. The van der Waals surface area contributed by atoms with E-state index >= 15 is 0 Å². The fourth-order valence-electron chi connectivity index (χ4n) is 2.01. The van der Waals surface area contributed by atoms with Crippen molar-refractivity contribution in [2.45, 2.75) is 37.5 Å². The Balaban J connectivity index is 2.13. The summed E-state index contributed by atoms with van der Waals surface area (Å²) >= 11 is 0. The number of halogens is 3. The first-order valence-electron chi connectivity index (χ1n) is 5.72. The smallest absolute Gasteiger partial charge is 0.297 e. The minimum atomic E-state index is -4.21. The summed E-state index contributed by atoms with van der Waals surface area (Å²) in [7, 11) is 0. The Morgan fingerprint density at radius 1 is 1.39 bits per heavy atom. The van der Waals surface area contributed by atoms with Crippen LogP contribution in [0.1, 0.15) is 36.9 Å². The lowest BCUT2D eigenvalue weighted by molar-refractivity contribution is -0.167. The molecule has 1 aromatic carbocycles. The highest BCUT2D eigenvalue weighted by Crippen LogP contribution is 2.50. The third kappa shape index (κ3) is 2.34. The van der Waals surface area contributed by atoms with Crippen LogP contribution in [0.2, 0.25) is 0 Å². The molecule has 2 rings (SSSR count). The average Bonchev–Trinajstić information content (AvgIpc) is 3.09. The topological polar surface area (TPSA) is 35.8 Å². The molecule has 96 valence electrons. The summed E-state index contributed by atoms with van der Waals surface area (Å²) in [6.07, 6.45) is -3.97. The second kappa shape index (κ2) is 4.29. The molecule has 18 heavy (non-hydrogen) atoms. The Hall–Kier alpha value is -1.54. The number of alkyl halides is 3. The van der Waals surface area contributed by atoms with E-state index in [1.807, 2.05) is 6.07 Å². The maximum atomic E-state index is 12.8. The lowest BCUT2D eigenvalue weighted by atomic mass is 10.0. The Morgan fingerprint density at radius 3 is 2.56 bits per heavy atom. The number of nitriles is 1. The zero-order valence-corrected chi connectivity index (χ0v) is 9.88. The van der Waals surface area contributed by atoms with Crippen LogP contribution in [0.5, 0.6) is 0 Å². The van der Waals surface area contributed by atoms with E-state index in [-0.39, 0.29) is 12.8 Å². The first-order valence-corrected chi connectivity index (χ1v) is 5.72. The third-order valence-electron chi connectivity index (χ3n) is 3.30. The number of rotatable bonds is 3. The van der Waals surface area contributed by atoms with Crippen molar-refractivity contribution in [1.82, 2.24) is 5.32 Å². The quantitative estimate of drug-likeness (QED) is 0.898. The summed E-state index contributed by atoms with van der Waals surface area (Å²) in [6, 6.07) is 8.21. The molecular formula is C13H13F3N2. The van der Waals surface area contributed by atoms with Crippen molar-refractivity contribution in [3.05, 3.63) is 35.4 Å². The Labute approximate surface area is 103 Å². The van der Waals surface area contributed by atoms with Gasteiger partial charge in [-0.05, 0) is 37.5 Å². The molecule has 0 aromatic heterocycles. The van der Waals surface area contributed by atoms with Gasteiger partial charge in [-0.3, -0.25) is 5.32 Å². The first-order chi connectivity index (χ1) is 8.38. The van der Waals surface area contributed by atoms with Crippen LogP contribution in [0, 0.1) is 11.3 Å². The van der Waals surface area contributed by atoms with Crippen molar-refractivity contribution in [2.75, 3.05) is 0 Å². The standard InChI is InChI=1S/C13H13F3N2/c1-9(11-4-2-3-10(7-11)8-17)18-12(5-6-12)13(14,15)16/h2-4,7,9,18H,5-6H2,1H3. The van der Waals surface area contributed by atoms with Crippen LogP contribution in [-0.2, 0) is 0 Å². The predicted octanol–water partition coefficient (Wildman–Crippen LogP) is 3.30. The van der Waals surface area contributed by atoms with E-state index in [1.54, 1.807) is 31.2 Å². The van der Waals surface area contributed by atoms with Gasteiger partial charge in [-0.25, -0.2) is 0 Å². The summed E-state index contributed by atoms with van der Waals surface area (Å²) in [4.78, 5) is 0. The molecule has 0 radical (unpaired) electrons. The van der Waals surface area contributed by atoms with Crippen LogP contribution < -0.4 is 5.32 Å². The summed E-state index contributed by atoms with van der Waals surface area (Å²) in [6.45, 7) is 1.68. The first kappa shape index (κ1) is 12.9. The molecule has 1 N–H and O–H groups in total. The molecule has 0 saturated heterocycles. The van der Waals surface area contributed by atoms with E-state index < -0.39 is 17.8 Å². The second-order valence-corrected chi connectivity index (χ2v) is 4.68. The number of hydrogen-bond donors (Lipinski definition) is 1. The van der Waals surface area contributed by atoms with Crippen molar-refractivity contribution in [3.63, 3.8) is 0 Å². The molecule has 1 atom stereocenters. The summed E-state index contributed by atoms with van der Waals surface area (Å²) in [5.41, 5.74) is -0.572. The van der Waals surface area contributed by atoms with Crippen molar-refractivity contribution in [3.8, 4) is 6.07 Å². The molecule has 0 amide bonds. The van der Waals surface area contributed by atoms with E-state index in [4.69, 9.17) is 5.26 Å². The van der Waals surface area contributed by atoms with E-state index in [0.29, 0.717) is 11.1 Å². The molecule has 1 saturated carbocycles. The van der Waals surface area contributed by atoms with E-state index in [1.165, 1.54) is 0 Å². The summed E-state index contributed by atoms with van der Waals surface area (Å²) in [5, 5.41) is 11.4. The van der Waals surface area contributed by atoms with E-state index in [0.717, 1.165) is 0 Å². The molecule has 1 fully saturated rings. The molecular weight excluding hydrogens is 241 g/mol. The van der Waals surface area contributed by atoms with Crippen molar-refractivity contribution in [1.29, 1.82) is 5.26 Å². The molecule has 0 aliphatic heterocycles. The minimum absolute atomic E-state index is 0.124. The van der Waals surface area contributed by atoms with Gasteiger partial charge >= 0.3 is 6.18 Å².